The summed E-state index contributed by atoms with van der Waals surface area (Å²) in [5.41, 5.74) is 6.53. The van der Waals surface area contributed by atoms with Crippen molar-refractivity contribution in [1.82, 2.24) is 9.80 Å². The smallest absolute Gasteiger partial charge is 0.0473 e. The third-order valence-corrected chi connectivity index (χ3v) is 5.87. The maximum Gasteiger partial charge on any atom is 0.0473 e. The van der Waals surface area contributed by atoms with Crippen LogP contribution in [-0.4, -0.2) is 53.6 Å². The number of likely N-dealkylation sites (N-methyl/N-ethyl adjacent to an activating group) is 1. The summed E-state index contributed by atoms with van der Waals surface area (Å²) in [6, 6.07) is 1.61. The van der Waals surface area contributed by atoms with Gasteiger partial charge in [0.15, 0.2) is 0 Å². The number of rotatable bonds is 6. The highest BCUT2D eigenvalue weighted by molar-refractivity contribution is 5.07. The van der Waals surface area contributed by atoms with E-state index in [1.54, 1.807) is 0 Å². The summed E-state index contributed by atoms with van der Waals surface area (Å²) in [7, 11) is 0. The Morgan fingerprint density at radius 1 is 1.26 bits per heavy atom. The van der Waals surface area contributed by atoms with Crippen LogP contribution < -0.4 is 5.73 Å². The van der Waals surface area contributed by atoms with Crippen LogP contribution >= 0.6 is 0 Å². The third kappa shape index (κ3) is 2.57. The summed E-state index contributed by atoms with van der Waals surface area (Å²) in [4.78, 5) is 5.48. The van der Waals surface area contributed by atoms with Gasteiger partial charge in [-0.1, -0.05) is 13.3 Å². The molecule has 3 nitrogen and oxygen atoms in total. The first-order valence-electron chi connectivity index (χ1n) is 8.39. The summed E-state index contributed by atoms with van der Waals surface area (Å²) in [6.07, 6.45) is 8.45. The highest BCUT2D eigenvalue weighted by atomic mass is 15.3. The standard InChI is InChI=1S/C16H31N3/c1-3-18(10-14-5-4-6-14)16(11-17)9-13(2)19(12-16)15-7-8-15/h13-15H,3-12,17H2,1-2H3. The van der Waals surface area contributed by atoms with Crippen LogP contribution in [0, 0.1) is 5.92 Å². The molecule has 0 aromatic heterocycles. The Bertz CT molecular complexity index is 311. The Morgan fingerprint density at radius 3 is 2.47 bits per heavy atom. The molecule has 0 aromatic carbocycles. The van der Waals surface area contributed by atoms with Crippen molar-refractivity contribution in [3.63, 3.8) is 0 Å². The van der Waals surface area contributed by atoms with Gasteiger partial charge in [-0.05, 0) is 51.5 Å². The van der Waals surface area contributed by atoms with E-state index in [0.717, 1.165) is 24.5 Å². The molecule has 3 aliphatic rings. The predicted octanol–water partition coefficient (Wildman–Crippen LogP) is 2.06. The van der Waals surface area contributed by atoms with Gasteiger partial charge >= 0.3 is 0 Å². The largest absolute Gasteiger partial charge is 0.329 e. The zero-order valence-corrected chi connectivity index (χ0v) is 12.8. The minimum Gasteiger partial charge on any atom is -0.329 e. The molecule has 0 aromatic rings. The van der Waals surface area contributed by atoms with Gasteiger partial charge in [-0.2, -0.15) is 0 Å². The SMILES string of the molecule is CCN(CC1CCC1)C1(CN)CC(C)N(C2CC2)C1. The second-order valence-electron chi connectivity index (χ2n) is 7.22. The van der Waals surface area contributed by atoms with Crippen LogP contribution in [0.25, 0.3) is 0 Å². The zero-order valence-electron chi connectivity index (χ0n) is 12.8. The van der Waals surface area contributed by atoms with E-state index in [2.05, 4.69) is 23.6 Å². The molecule has 0 amide bonds. The lowest BCUT2D eigenvalue weighted by atomic mass is 9.83. The molecule has 0 bridgehead atoms. The second-order valence-corrected chi connectivity index (χ2v) is 7.22. The summed E-state index contributed by atoms with van der Waals surface area (Å²) in [5, 5.41) is 0. The normalized spacial score (nSPS) is 36.9. The Morgan fingerprint density at radius 2 is 2.00 bits per heavy atom. The van der Waals surface area contributed by atoms with E-state index in [0.29, 0.717) is 0 Å². The van der Waals surface area contributed by atoms with Crippen molar-refractivity contribution in [2.45, 2.75) is 70.0 Å². The fourth-order valence-electron chi connectivity index (χ4n) is 4.27. The van der Waals surface area contributed by atoms with E-state index in [-0.39, 0.29) is 5.54 Å². The zero-order chi connectivity index (χ0) is 13.5. The lowest BCUT2D eigenvalue weighted by molar-refractivity contribution is 0.0673. The van der Waals surface area contributed by atoms with Crippen LogP contribution in [0.15, 0.2) is 0 Å². The first-order valence-corrected chi connectivity index (χ1v) is 8.39. The van der Waals surface area contributed by atoms with E-state index in [4.69, 9.17) is 5.73 Å². The number of likely N-dealkylation sites (tertiary alicyclic amines) is 1. The molecule has 3 heteroatoms. The second kappa shape index (κ2) is 5.34. The van der Waals surface area contributed by atoms with Crippen molar-refractivity contribution in [3.05, 3.63) is 0 Å². The maximum absolute atomic E-state index is 6.26. The topological polar surface area (TPSA) is 32.5 Å². The van der Waals surface area contributed by atoms with Gasteiger partial charge in [-0.15, -0.1) is 0 Å². The van der Waals surface area contributed by atoms with Crippen molar-refractivity contribution >= 4 is 0 Å². The summed E-state index contributed by atoms with van der Waals surface area (Å²) in [5.74, 6) is 0.952. The molecule has 2 aliphatic carbocycles. The lowest BCUT2D eigenvalue weighted by Gasteiger charge is -2.43. The lowest BCUT2D eigenvalue weighted by Crippen LogP contribution is -2.57. The van der Waals surface area contributed by atoms with Gasteiger partial charge in [-0.3, -0.25) is 9.80 Å². The fourth-order valence-corrected chi connectivity index (χ4v) is 4.27. The molecule has 2 atom stereocenters. The first-order chi connectivity index (χ1) is 9.18. The summed E-state index contributed by atoms with van der Waals surface area (Å²) >= 11 is 0. The molecule has 19 heavy (non-hydrogen) atoms. The molecular formula is C16H31N3. The Labute approximate surface area is 118 Å². The minimum atomic E-state index is 0.270. The van der Waals surface area contributed by atoms with Crippen LogP contribution in [0.3, 0.4) is 0 Å². The Hall–Kier alpha value is -0.120. The molecular weight excluding hydrogens is 234 g/mol. The molecule has 1 saturated heterocycles. The predicted molar refractivity (Wildman–Crippen MR) is 80.2 cm³/mol. The minimum absolute atomic E-state index is 0.270. The van der Waals surface area contributed by atoms with Crippen molar-refractivity contribution in [1.29, 1.82) is 0 Å². The van der Waals surface area contributed by atoms with Gasteiger partial charge < -0.3 is 5.73 Å². The third-order valence-electron chi connectivity index (χ3n) is 5.87. The van der Waals surface area contributed by atoms with Crippen LogP contribution in [-0.2, 0) is 0 Å². The Kier molecular flexibility index (Phi) is 3.89. The van der Waals surface area contributed by atoms with Crippen molar-refractivity contribution in [2.75, 3.05) is 26.2 Å². The van der Waals surface area contributed by atoms with E-state index < -0.39 is 0 Å². The summed E-state index contributed by atoms with van der Waals surface area (Å²) < 4.78 is 0. The van der Waals surface area contributed by atoms with E-state index in [1.165, 1.54) is 58.2 Å². The highest BCUT2D eigenvalue weighted by Crippen LogP contribution is 2.40. The van der Waals surface area contributed by atoms with E-state index in [9.17, 15) is 0 Å². The molecule has 1 heterocycles. The first kappa shape index (κ1) is 13.8. The van der Waals surface area contributed by atoms with E-state index in [1.807, 2.05) is 0 Å². The van der Waals surface area contributed by atoms with Crippen LogP contribution in [0.5, 0.6) is 0 Å². The number of hydrogen-bond donors (Lipinski definition) is 1. The number of nitrogens with two attached hydrogens (primary N) is 1. The molecule has 3 fully saturated rings. The average molecular weight is 265 g/mol. The van der Waals surface area contributed by atoms with Gasteiger partial charge in [0.2, 0.25) is 0 Å². The van der Waals surface area contributed by atoms with Gasteiger partial charge in [-0.25, -0.2) is 0 Å². The number of nitrogens with zero attached hydrogens (tertiary/aromatic N) is 2. The van der Waals surface area contributed by atoms with Gasteiger partial charge in [0.25, 0.3) is 0 Å². The Balaban J connectivity index is 1.69. The monoisotopic (exact) mass is 265 g/mol. The molecule has 110 valence electrons. The van der Waals surface area contributed by atoms with Crippen molar-refractivity contribution in [2.24, 2.45) is 11.7 Å². The van der Waals surface area contributed by atoms with E-state index >= 15 is 0 Å². The molecule has 0 radical (unpaired) electrons. The molecule has 2 unspecified atom stereocenters. The molecule has 2 saturated carbocycles. The molecule has 2 N–H and O–H groups in total. The van der Waals surface area contributed by atoms with Crippen molar-refractivity contribution < 1.29 is 0 Å². The highest BCUT2D eigenvalue weighted by Gasteiger charge is 2.49. The fraction of sp³-hybridized carbons (Fsp3) is 1.00. The van der Waals surface area contributed by atoms with Crippen LogP contribution in [0.1, 0.15) is 52.4 Å². The van der Waals surface area contributed by atoms with Gasteiger partial charge in [0, 0.05) is 37.3 Å². The van der Waals surface area contributed by atoms with Gasteiger partial charge in [0.1, 0.15) is 0 Å². The summed E-state index contributed by atoms with van der Waals surface area (Å²) in [6.45, 7) is 9.24. The molecule has 0 spiro atoms. The van der Waals surface area contributed by atoms with Gasteiger partial charge in [0.05, 0.1) is 0 Å². The van der Waals surface area contributed by atoms with Crippen LogP contribution in [0.4, 0.5) is 0 Å². The maximum atomic E-state index is 6.26. The molecule has 1 aliphatic heterocycles. The van der Waals surface area contributed by atoms with Crippen molar-refractivity contribution in [3.8, 4) is 0 Å². The quantitative estimate of drug-likeness (QED) is 0.798. The molecule has 3 rings (SSSR count). The average Bonchev–Trinajstić information content (AvgIpc) is 3.13. The van der Waals surface area contributed by atoms with Crippen LogP contribution in [0.2, 0.25) is 0 Å². The number of hydrogen-bond acceptors (Lipinski definition) is 3.